The molecule has 0 radical (unpaired) electrons. The largest absolute Gasteiger partial charge is 0.506 e. The van der Waals surface area contributed by atoms with Gasteiger partial charge in [0, 0.05) is 17.8 Å². The van der Waals surface area contributed by atoms with Gasteiger partial charge in [-0.2, -0.15) is 0 Å². The summed E-state index contributed by atoms with van der Waals surface area (Å²) < 4.78 is 0.726. The minimum Gasteiger partial charge on any atom is -0.506 e. The number of phenolic OH excluding ortho intramolecular Hbond substituents is 1. The fraction of sp³-hybridized carbons (Fsp3) is 0.200. The fourth-order valence-corrected chi connectivity index (χ4v) is 2.21. The molecule has 94 valence electrons. The summed E-state index contributed by atoms with van der Waals surface area (Å²) >= 11 is 3.32. The average molecular weight is 306 g/mol. The molecule has 2 aromatic carbocycles. The van der Waals surface area contributed by atoms with Crippen molar-refractivity contribution >= 4 is 21.6 Å². The lowest BCUT2D eigenvalue weighted by molar-refractivity contribution is 0.465. The summed E-state index contributed by atoms with van der Waals surface area (Å²) in [5.41, 5.74) is 3.26. The van der Waals surface area contributed by atoms with Gasteiger partial charge in [0.15, 0.2) is 0 Å². The van der Waals surface area contributed by atoms with E-state index in [4.69, 9.17) is 0 Å². The van der Waals surface area contributed by atoms with Gasteiger partial charge in [-0.3, -0.25) is 0 Å². The number of phenols is 1. The van der Waals surface area contributed by atoms with Crippen LogP contribution in [0.1, 0.15) is 18.1 Å². The molecular weight excluding hydrogens is 290 g/mol. The first-order chi connectivity index (χ1) is 8.70. The van der Waals surface area contributed by atoms with Gasteiger partial charge in [0.05, 0.1) is 4.47 Å². The highest BCUT2D eigenvalue weighted by Gasteiger charge is 2.04. The highest BCUT2D eigenvalue weighted by atomic mass is 79.9. The molecule has 0 spiro atoms. The van der Waals surface area contributed by atoms with Crippen LogP contribution >= 0.6 is 15.9 Å². The molecule has 0 aliphatic rings. The van der Waals surface area contributed by atoms with Gasteiger partial charge in [0.1, 0.15) is 5.75 Å². The SMILES string of the molecule is CCc1cccc(NCc2cccc(Br)c2O)c1. The second kappa shape index (κ2) is 5.91. The number of nitrogens with one attached hydrogen (secondary N) is 1. The predicted octanol–water partition coefficient (Wildman–Crippen LogP) is 4.33. The minimum atomic E-state index is 0.302. The first kappa shape index (κ1) is 13.0. The number of rotatable bonds is 4. The second-order valence-electron chi connectivity index (χ2n) is 4.16. The van der Waals surface area contributed by atoms with Crippen LogP contribution in [0.4, 0.5) is 5.69 Å². The Bertz CT molecular complexity index is 540. The molecule has 2 aromatic rings. The van der Waals surface area contributed by atoms with Crippen molar-refractivity contribution in [2.24, 2.45) is 0 Å². The van der Waals surface area contributed by atoms with Gasteiger partial charge in [0.25, 0.3) is 0 Å². The van der Waals surface area contributed by atoms with E-state index in [1.165, 1.54) is 5.56 Å². The van der Waals surface area contributed by atoms with Crippen LogP contribution in [0.2, 0.25) is 0 Å². The van der Waals surface area contributed by atoms with Crippen LogP contribution < -0.4 is 5.32 Å². The monoisotopic (exact) mass is 305 g/mol. The van der Waals surface area contributed by atoms with Crippen LogP contribution in [0, 0.1) is 0 Å². The van der Waals surface area contributed by atoms with E-state index in [-0.39, 0.29) is 0 Å². The van der Waals surface area contributed by atoms with Crippen molar-refractivity contribution in [2.75, 3.05) is 5.32 Å². The van der Waals surface area contributed by atoms with Gasteiger partial charge in [-0.25, -0.2) is 0 Å². The van der Waals surface area contributed by atoms with Gasteiger partial charge in [-0.15, -0.1) is 0 Å². The van der Waals surface area contributed by atoms with Crippen molar-refractivity contribution in [1.29, 1.82) is 0 Å². The van der Waals surface area contributed by atoms with Gasteiger partial charge >= 0.3 is 0 Å². The van der Waals surface area contributed by atoms with Crippen LogP contribution in [0.3, 0.4) is 0 Å². The molecule has 0 bridgehead atoms. The summed E-state index contributed by atoms with van der Waals surface area (Å²) in [5.74, 6) is 0.302. The average Bonchev–Trinajstić information content (AvgIpc) is 2.41. The van der Waals surface area contributed by atoms with Crippen molar-refractivity contribution in [3.63, 3.8) is 0 Å². The summed E-state index contributed by atoms with van der Waals surface area (Å²) in [4.78, 5) is 0. The predicted molar refractivity (Wildman–Crippen MR) is 79.0 cm³/mol. The number of para-hydroxylation sites is 1. The normalized spacial score (nSPS) is 10.3. The van der Waals surface area contributed by atoms with E-state index in [1.54, 1.807) is 0 Å². The smallest absolute Gasteiger partial charge is 0.134 e. The summed E-state index contributed by atoms with van der Waals surface area (Å²) in [6.45, 7) is 2.75. The number of halogens is 1. The molecule has 0 aliphatic carbocycles. The summed E-state index contributed by atoms with van der Waals surface area (Å²) in [7, 11) is 0. The molecule has 0 saturated heterocycles. The van der Waals surface area contributed by atoms with Gasteiger partial charge in [-0.1, -0.05) is 31.2 Å². The highest BCUT2D eigenvalue weighted by molar-refractivity contribution is 9.10. The molecule has 0 atom stereocenters. The Hall–Kier alpha value is -1.48. The molecule has 0 aromatic heterocycles. The third-order valence-corrected chi connectivity index (χ3v) is 3.53. The zero-order valence-electron chi connectivity index (χ0n) is 10.3. The number of aryl methyl sites for hydroxylation is 1. The minimum absolute atomic E-state index is 0.302. The van der Waals surface area contributed by atoms with E-state index >= 15 is 0 Å². The molecule has 0 aliphatic heterocycles. The summed E-state index contributed by atoms with van der Waals surface area (Å²) in [6.07, 6.45) is 1.03. The molecule has 0 fully saturated rings. The Morgan fingerprint density at radius 2 is 1.94 bits per heavy atom. The summed E-state index contributed by atoms with van der Waals surface area (Å²) in [6, 6.07) is 14.0. The molecule has 0 saturated carbocycles. The number of hydrogen-bond acceptors (Lipinski definition) is 2. The maximum absolute atomic E-state index is 9.89. The van der Waals surface area contributed by atoms with E-state index in [0.29, 0.717) is 12.3 Å². The van der Waals surface area contributed by atoms with Crippen molar-refractivity contribution in [3.8, 4) is 5.75 Å². The highest BCUT2D eigenvalue weighted by Crippen LogP contribution is 2.28. The van der Waals surface area contributed by atoms with E-state index < -0.39 is 0 Å². The lowest BCUT2D eigenvalue weighted by Gasteiger charge is -2.10. The molecule has 3 heteroatoms. The Morgan fingerprint density at radius 3 is 2.72 bits per heavy atom. The van der Waals surface area contributed by atoms with Crippen molar-refractivity contribution < 1.29 is 5.11 Å². The van der Waals surface area contributed by atoms with Crippen LogP contribution in [-0.2, 0) is 13.0 Å². The van der Waals surface area contributed by atoms with Crippen molar-refractivity contribution in [3.05, 3.63) is 58.1 Å². The van der Waals surface area contributed by atoms with Crippen molar-refractivity contribution in [2.45, 2.75) is 19.9 Å². The quantitative estimate of drug-likeness (QED) is 0.881. The van der Waals surface area contributed by atoms with Crippen LogP contribution in [0.5, 0.6) is 5.75 Å². The molecule has 0 unspecified atom stereocenters. The first-order valence-electron chi connectivity index (χ1n) is 6.00. The number of benzene rings is 2. The van der Waals surface area contributed by atoms with Crippen LogP contribution in [0.25, 0.3) is 0 Å². The third kappa shape index (κ3) is 3.05. The lowest BCUT2D eigenvalue weighted by Crippen LogP contribution is -2.00. The van der Waals surface area contributed by atoms with Crippen LogP contribution in [-0.4, -0.2) is 5.11 Å². The summed E-state index contributed by atoms with van der Waals surface area (Å²) in [5, 5.41) is 13.2. The first-order valence-corrected chi connectivity index (χ1v) is 6.79. The zero-order valence-corrected chi connectivity index (χ0v) is 11.9. The Labute approximate surface area is 116 Å². The standard InChI is InChI=1S/C15H16BrNO/c1-2-11-5-3-7-13(9-11)17-10-12-6-4-8-14(16)15(12)18/h3-9,17-18H,2,10H2,1H3. The number of anilines is 1. The lowest BCUT2D eigenvalue weighted by atomic mass is 10.1. The molecule has 2 rings (SSSR count). The van der Waals surface area contributed by atoms with Gasteiger partial charge in [0.2, 0.25) is 0 Å². The van der Waals surface area contributed by atoms with E-state index in [1.807, 2.05) is 30.3 Å². The Morgan fingerprint density at radius 1 is 1.17 bits per heavy atom. The van der Waals surface area contributed by atoms with E-state index in [0.717, 1.165) is 22.1 Å². The number of aromatic hydroxyl groups is 1. The Balaban J connectivity index is 2.09. The second-order valence-corrected chi connectivity index (χ2v) is 5.01. The molecule has 0 heterocycles. The third-order valence-electron chi connectivity index (χ3n) is 2.89. The molecular formula is C15H16BrNO. The van der Waals surface area contributed by atoms with Crippen molar-refractivity contribution in [1.82, 2.24) is 0 Å². The molecule has 0 amide bonds. The molecule has 2 nitrogen and oxygen atoms in total. The number of hydrogen-bond donors (Lipinski definition) is 2. The maximum atomic E-state index is 9.89. The Kier molecular flexibility index (Phi) is 4.26. The van der Waals surface area contributed by atoms with Gasteiger partial charge < -0.3 is 10.4 Å². The van der Waals surface area contributed by atoms with Crippen LogP contribution in [0.15, 0.2) is 46.9 Å². The fourth-order valence-electron chi connectivity index (χ4n) is 1.80. The zero-order chi connectivity index (χ0) is 13.0. The molecule has 2 N–H and O–H groups in total. The van der Waals surface area contributed by atoms with E-state index in [2.05, 4.69) is 40.3 Å². The van der Waals surface area contributed by atoms with Gasteiger partial charge in [-0.05, 0) is 46.1 Å². The topological polar surface area (TPSA) is 32.3 Å². The van der Waals surface area contributed by atoms with E-state index in [9.17, 15) is 5.11 Å². The molecule has 18 heavy (non-hydrogen) atoms. The maximum Gasteiger partial charge on any atom is 0.134 e.